The molecule has 1 aromatic rings. The first kappa shape index (κ1) is 12.5. The molecule has 3 nitrogen and oxygen atoms in total. The number of carbonyl (C=O) groups excluding carboxylic acids is 1. The van der Waals surface area contributed by atoms with Gasteiger partial charge in [0.25, 0.3) is 0 Å². The molecule has 1 aromatic carbocycles. The number of aryl methyl sites for hydroxylation is 2. The lowest BCUT2D eigenvalue weighted by atomic mass is 10.1. The fraction of sp³-hybridized carbons (Fsp3) is 0.417. The molecule has 2 N–H and O–H groups in total. The third-order valence-electron chi connectivity index (χ3n) is 2.29. The highest BCUT2D eigenvalue weighted by atomic mass is 19.1. The van der Waals surface area contributed by atoms with E-state index in [0.29, 0.717) is 24.2 Å². The first-order valence-corrected chi connectivity index (χ1v) is 5.32. The van der Waals surface area contributed by atoms with Gasteiger partial charge in [0, 0.05) is 13.1 Å². The Morgan fingerprint density at radius 2 is 1.81 bits per heavy atom. The normalized spacial score (nSPS) is 10.0. The van der Waals surface area contributed by atoms with Crippen LogP contribution in [0.2, 0.25) is 0 Å². The summed E-state index contributed by atoms with van der Waals surface area (Å²) in [5, 5.41) is 5.33. The zero-order valence-electron chi connectivity index (χ0n) is 9.86. The second-order valence-electron chi connectivity index (χ2n) is 3.76. The molecule has 4 heteroatoms. The van der Waals surface area contributed by atoms with Crippen LogP contribution in [0.25, 0.3) is 0 Å². The number of hydrogen-bond acceptors (Lipinski definition) is 1. The Labute approximate surface area is 95.0 Å². The third-order valence-corrected chi connectivity index (χ3v) is 2.29. The molecular formula is C12H17FN2O. The molecule has 0 bridgehead atoms. The molecular weight excluding hydrogens is 207 g/mol. The molecule has 0 atom stereocenters. The lowest BCUT2D eigenvalue weighted by Gasteiger charge is -2.08. The molecule has 16 heavy (non-hydrogen) atoms. The Morgan fingerprint density at radius 3 is 2.31 bits per heavy atom. The van der Waals surface area contributed by atoms with Crippen LogP contribution < -0.4 is 10.6 Å². The number of nitrogens with one attached hydrogen (secondary N) is 2. The molecule has 0 spiro atoms. The topological polar surface area (TPSA) is 41.1 Å². The third kappa shape index (κ3) is 3.22. The number of carbonyl (C=O) groups is 1. The van der Waals surface area contributed by atoms with Crippen molar-refractivity contribution in [3.05, 3.63) is 34.6 Å². The highest BCUT2D eigenvalue weighted by Gasteiger charge is 2.05. The summed E-state index contributed by atoms with van der Waals surface area (Å²) >= 11 is 0. The average Bonchev–Trinajstić information content (AvgIpc) is 2.23. The van der Waals surface area contributed by atoms with Crippen molar-refractivity contribution >= 4 is 6.03 Å². The van der Waals surface area contributed by atoms with Gasteiger partial charge in [0.05, 0.1) is 0 Å². The van der Waals surface area contributed by atoms with E-state index >= 15 is 0 Å². The zero-order chi connectivity index (χ0) is 12.1. The van der Waals surface area contributed by atoms with Gasteiger partial charge in [-0.25, -0.2) is 9.18 Å². The summed E-state index contributed by atoms with van der Waals surface area (Å²) in [6.07, 6.45) is 0. The van der Waals surface area contributed by atoms with Crippen LogP contribution in [0.15, 0.2) is 12.1 Å². The van der Waals surface area contributed by atoms with E-state index in [9.17, 15) is 9.18 Å². The van der Waals surface area contributed by atoms with E-state index in [1.54, 1.807) is 26.0 Å². The maximum absolute atomic E-state index is 13.3. The molecule has 2 amide bonds. The van der Waals surface area contributed by atoms with Crippen molar-refractivity contribution < 1.29 is 9.18 Å². The van der Waals surface area contributed by atoms with E-state index in [2.05, 4.69) is 10.6 Å². The maximum atomic E-state index is 13.3. The molecule has 88 valence electrons. The van der Waals surface area contributed by atoms with Crippen LogP contribution in [0.5, 0.6) is 0 Å². The summed E-state index contributed by atoms with van der Waals surface area (Å²) in [5.74, 6) is -0.179. The molecule has 0 radical (unpaired) electrons. The van der Waals surface area contributed by atoms with Gasteiger partial charge in [0.2, 0.25) is 0 Å². The van der Waals surface area contributed by atoms with Crippen molar-refractivity contribution in [2.45, 2.75) is 27.3 Å². The molecule has 0 aliphatic rings. The Morgan fingerprint density at radius 1 is 1.25 bits per heavy atom. The molecule has 0 aliphatic carbocycles. The van der Waals surface area contributed by atoms with Crippen LogP contribution in [0.3, 0.4) is 0 Å². The minimum absolute atomic E-state index is 0.179. The fourth-order valence-corrected chi connectivity index (χ4v) is 1.54. The molecule has 0 aliphatic heterocycles. The van der Waals surface area contributed by atoms with E-state index in [0.717, 1.165) is 5.56 Å². The quantitative estimate of drug-likeness (QED) is 0.812. The standard InChI is InChI=1S/C12H17FN2O/c1-4-14-12(16)15-7-10-5-8(2)11(13)9(3)6-10/h5-6H,4,7H2,1-3H3,(H2,14,15,16). The van der Waals surface area contributed by atoms with Crippen molar-refractivity contribution in [2.24, 2.45) is 0 Å². The van der Waals surface area contributed by atoms with Gasteiger partial charge in [-0.3, -0.25) is 0 Å². The second kappa shape index (κ2) is 5.49. The van der Waals surface area contributed by atoms with Crippen LogP contribution in [0.4, 0.5) is 9.18 Å². The first-order chi connectivity index (χ1) is 7.54. The molecule has 0 heterocycles. The van der Waals surface area contributed by atoms with E-state index in [4.69, 9.17) is 0 Å². The number of urea groups is 1. The van der Waals surface area contributed by atoms with E-state index < -0.39 is 0 Å². The molecule has 0 saturated heterocycles. The summed E-state index contributed by atoms with van der Waals surface area (Å²) in [5.41, 5.74) is 2.11. The number of amides is 2. The largest absolute Gasteiger partial charge is 0.338 e. The zero-order valence-corrected chi connectivity index (χ0v) is 9.86. The lowest BCUT2D eigenvalue weighted by molar-refractivity contribution is 0.241. The Bertz CT molecular complexity index is 368. The summed E-state index contributed by atoms with van der Waals surface area (Å²) < 4.78 is 13.3. The van der Waals surface area contributed by atoms with Crippen molar-refractivity contribution in [1.82, 2.24) is 10.6 Å². The van der Waals surface area contributed by atoms with Gasteiger partial charge >= 0.3 is 6.03 Å². The maximum Gasteiger partial charge on any atom is 0.315 e. The Kier molecular flexibility index (Phi) is 4.28. The van der Waals surface area contributed by atoms with Gasteiger partial charge < -0.3 is 10.6 Å². The van der Waals surface area contributed by atoms with Crippen LogP contribution in [-0.4, -0.2) is 12.6 Å². The van der Waals surface area contributed by atoms with Crippen molar-refractivity contribution in [3.63, 3.8) is 0 Å². The number of hydrogen-bond donors (Lipinski definition) is 2. The van der Waals surface area contributed by atoms with Gasteiger partial charge in [-0.2, -0.15) is 0 Å². The van der Waals surface area contributed by atoms with Crippen LogP contribution in [0, 0.1) is 19.7 Å². The van der Waals surface area contributed by atoms with Crippen molar-refractivity contribution in [2.75, 3.05) is 6.54 Å². The summed E-state index contributed by atoms with van der Waals surface area (Å²) in [7, 11) is 0. The molecule has 0 saturated carbocycles. The highest BCUT2D eigenvalue weighted by molar-refractivity contribution is 5.73. The average molecular weight is 224 g/mol. The predicted octanol–water partition coefficient (Wildman–Crippen LogP) is 2.26. The van der Waals surface area contributed by atoms with Gasteiger partial charge in [0.1, 0.15) is 5.82 Å². The van der Waals surface area contributed by atoms with Gasteiger partial charge in [-0.05, 0) is 37.5 Å². The van der Waals surface area contributed by atoms with Crippen LogP contribution in [0.1, 0.15) is 23.6 Å². The lowest BCUT2D eigenvalue weighted by Crippen LogP contribution is -2.34. The number of rotatable bonds is 3. The van der Waals surface area contributed by atoms with Crippen LogP contribution >= 0.6 is 0 Å². The van der Waals surface area contributed by atoms with Crippen molar-refractivity contribution in [3.8, 4) is 0 Å². The monoisotopic (exact) mass is 224 g/mol. The van der Waals surface area contributed by atoms with E-state index in [1.165, 1.54) is 0 Å². The molecule has 1 rings (SSSR count). The Balaban J connectivity index is 2.65. The van der Waals surface area contributed by atoms with Crippen LogP contribution in [-0.2, 0) is 6.54 Å². The molecule has 0 aromatic heterocycles. The SMILES string of the molecule is CCNC(=O)NCc1cc(C)c(F)c(C)c1. The fourth-order valence-electron chi connectivity index (χ4n) is 1.54. The number of benzene rings is 1. The van der Waals surface area contributed by atoms with Gasteiger partial charge in [-0.1, -0.05) is 12.1 Å². The summed E-state index contributed by atoms with van der Waals surface area (Å²) in [6.45, 7) is 6.29. The smallest absolute Gasteiger partial charge is 0.315 e. The second-order valence-corrected chi connectivity index (χ2v) is 3.76. The first-order valence-electron chi connectivity index (χ1n) is 5.32. The predicted molar refractivity (Wildman–Crippen MR) is 61.8 cm³/mol. The molecule has 0 unspecified atom stereocenters. The van der Waals surface area contributed by atoms with Crippen molar-refractivity contribution in [1.29, 1.82) is 0 Å². The van der Waals surface area contributed by atoms with E-state index in [-0.39, 0.29) is 11.8 Å². The van der Waals surface area contributed by atoms with E-state index in [1.807, 2.05) is 6.92 Å². The molecule has 0 fully saturated rings. The highest BCUT2D eigenvalue weighted by Crippen LogP contribution is 2.14. The van der Waals surface area contributed by atoms with Gasteiger partial charge in [0.15, 0.2) is 0 Å². The number of halogens is 1. The summed E-state index contributed by atoms with van der Waals surface area (Å²) in [4.78, 5) is 11.2. The minimum Gasteiger partial charge on any atom is -0.338 e. The van der Waals surface area contributed by atoms with Gasteiger partial charge in [-0.15, -0.1) is 0 Å². The summed E-state index contributed by atoms with van der Waals surface area (Å²) in [6, 6.07) is 3.28. The Hall–Kier alpha value is -1.58. The minimum atomic E-state index is -0.206.